The lowest BCUT2D eigenvalue weighted by Crippen LogP contribution is -2.43. The minimum absolute atomic E-state index is 0.193. The minimum atomic E-state index is -0.209. The van der Waals surface area contributed by atoms with Crippen LogP contribution in [-0.4, -0.2) is 19.3 Å². The van der Waals surface area contributed by atoms with Gasteiger partial charge in [0.1, 0.15) is 0 Å². The number of ether oxygens (including phenoxy) is 1. The molecule has 0 aliphatic carbocycles. The highest BCUT2D eigenvalue weighted by Gasteiger charge is 2.34. The Labute approximate surface area is 128 Å². The van der Waals surface area contributed by atoms with E-state index in [1.165, 1.54) is 16.3 Å². The molecule has 0 radical (unpaired) electrons. The number of benzene rings is 2. The first-order valence-electron chi connectivity index (χ1n) is 7.92. The quantitative estimate of drug-likeness (QED) is 0.796. The van der Waals surface area contributed by atoms with Crippen LogP contribution in [0.25, 0.3) is 10.8 Å². The van der Waals surface area contributed by atoms with Gasteiger partial charge in [0.25, 0.3) is 0 Å². The molecule has 2 atom stereocenters. The number of methoxy groups -OCH3 is 1. The molecule has 0 heterocycles. The van der Waals surface area contributed by atoms with Gasteiger partial charge in [-0.2, -0.15) is 0 Å². The average Bonchev–Trinajstić information content (AvgIpc) is 2.55. The molecule has 2 rings (SSSR count). The zero-order chi connectivity index (χ0) is 15.3. The fourth-order valence-electron chi connectivity index (χ4n) is 2.91. The van der Waals surface area contributed by atoms with Gasteiger partial charge in [-0.1, -0.05) is 56.3 Å². The summed E-state index contributed by atoms with van der Waals surface area (Å²) in [6.07, 6.45) is 2.08. The third-order valence-corrected chi connectivity index (χ3v) is 4.51. The van der Waals surface area contributed by atoms with Gasteiger partial charge in [-0.3, -0.25) is 0 Å². The van der Waals surface area contributed by atoms with Crippen molar-refractivity contribution in [2.45, 2.75) is 45.3 Å². The first-order chi connectivity index (χ1) is 10.2. The van der Waals surface area contributed by atoms with Crippen LogP contribution in [0.3, 0.4) is 0 Å². The summed E-state index contributed by atoms with van der Waals surface area (Å²) in [5.74, 6) is 0. The highest BCUT2D eigenvalue weighted by molar-refractivity contribution is 5.86. The number of hydrogen-bond donors (Lipinski definition) is 1. The van der Waals surface area contributed by atoms with Crippen LogP contribution in [0.5, 0.6) is 0 Å². The Morgan fingerprint density at radius 1 is 1.10 bits per heavy atom. The summed E-state index contributed by atoms with van der Waals surface area (Å²) in [6.45, 7) is 7.58. The van der Waals surface area contributed by atoms with E-state index in [0.29, 0.717) is 0 Å². The summed E-state index contributed by atoms with van der Waals surface area (Å²) >= 11 is 0. The van der Waals surface area contributed by atoms with E-state index in [1.54, 1.807) is 0 Å². The van der Waals surface area contributed by atoms with Gasteiger partial charge in [-0.05, 0) is 42.6 Å². The van der Waals surface area contributed by atoms with Crippen LogP contribution in [0.15, 0.2) is 42.5 Å². The second-order valence-corrected chi connectivity index (χ2v) is 5.83. The molecule has 2 aromatic carbocycles. The molecule has 0 amide bonds. The van der Waals surface area contributed by atoms with Crippen LogP contribution in [0.2, 0.25) is 0 Å². The van der Waals surface area contributed by atoms with Crippen molar-refractivity contribution in [2.24, 2.45) is 0 Å². The van der Waals surface area contributed by atoms with Crippen molar-refractivity contribution >= 4 is 10.8 Å². The Morgan fingerprint density at radius 2 is 1.81 bits per heavy atom. The number of nitrogens with one attached hydrogen (secondary N) is 1. The van der Waals surface area contributed by atoms with Gasteiger partial charge >= 0.3 is 0 Å². The first-order valence-corrected chi connectivity index (χ1v) is 7.92. The van der Waals surface area contributed by atoms with E-state index >= 15 is 0 Å². The normalized spacial score (nSPS) is 15.8. The van der Waals surface area contributed by atoms with Crippen molar-refractivity contribution in [3.05, 3.63) is 48.0 Å². The highest BCUT2D eigenvalue weighted by atomic mass is 16.5. The summed E-state index contributed by atoms with van der Waals surface area (Å²) in [5, 5.41) is 6.29. The zero-order valence-electron chi connectivity index (χ0n) is 13.6. The molecule has 0 fully saturated rings. The van der Waals surface area contributed by atoms with Crippen molar-refractivity contribution in [3.8, 4) is 0 Å². The fraction of sp³-hybridized carbons (Fsp3) is 0.474. The van der Waals surface area contributed by atoms with E-state index < -0.39 is 0 Å². The Hall–Kier alpha value is -1.38. The fourth-order valence-corrected chi connectivity index (χ4v) is 2.91. The molecule has 21 heavy (non-hydrogen) atoms. The smallest absolute Gasteiger partial charge is 0.0842 e. The standard InChI is InChI=1S/C19H27NO/c1-5-14-20-18(19(3,6-2)21-4)17-13-9-11-15-10-7-8-12-16(15)17/h7-13,18,20H,5-6,14H2,1-4H3. The lowest BCUT2D eigenvalue weighted by atomic mass is 9.85. The average molecular weight is 285 g/mol. The van der Waals surface area contributed by atoms with Crippen LogP contribution in [0.4, 0.5) is 0 Å². The lowest BCUT2D eigenvalue weighted by Gasteiger charge is -2.37. The van der Waals surface area contributed by atoms with Gasteiger partial charge in [0.15, 0.2) is 0 Å². The lowest BCUT2D eigenvalue weighted by molar-refractivity contribution is -0.0295. The van der Waals surface area contributed by atoms with E-state index in [-0.39, 0.29) is 11.6 Å². The van der Waals surface area contributed by atoms with E-state index in [2.05, 4.69) is 68.6 Å². The van der Waals surface area contributed by atoms with Crippen LogP contribution < -0.4 is 5.32 Å². The van der Waals surface area contributed by atoms with Crippen molar-refractivity contribution in [2.75, 3.05) is 13.7 Å². The Kier molecular flexibility index (Phi) is 5.38. The largest absolute Gasteiger partial charge is 0.377 e. The molecule has 0 aromatic heterocycles. The molecule has 0 aliphatic heterocycles. The second kappa shape index (κ2) is 7.06. The predicted octanol–water partition coefficient (Wildman–Crippen LogP) is 4.70. The van der Waals surface area contributed by atoms with Crippen LogP contribution in [0.1, 0.15) is 45.2 Å². The van der Waals surface area contributed by atoms with Gasteiger partial charge in [-0.15, -0.1) is 0 Å². The molecule has 0 saturated heterocycles. The summed E-state index contributed by atoms with van der Waals surface area (Å²) < 4.78 is 5.89. The molecule has 2 aromatic rings. The van der Waals surface area contributed by atoms with E-state index in [1.807, 2.05) is 7.11 Å². The van der Waals surface area contributed by atoms with Crippen LogP contribution in [0, 0.1) is 0 Å². The molecule has 0 saturated carbocycles. The van der Waals surface area contributed by atoms with Crippen molar-refractivity contribution in [1.29, 1.82) is 0 Å². The maximum atomic E-state index is 5.89. The Morgan fingerprint density at radius 3 is 2.48 bits per heavy atom. The molecule has 2 heteroatoms. The van der Waals surface area contributed by atoms with E-state index in [4.69, 9.17) is 4.74 Å². The summed E-state index contributed by atoms with van der Waals surface area (Å²) in [4.78, 5) is 0. The van der Waals surface area contributed by atoms with Crippen molar-refractivity contribution < 1.29 is 4.74 Å². The molecular formula is C19H27NO. The summed E-state index contributed by atoms with van der Waals surface area (Å²) in [6, 6.07) is 15.3. The van der Waals surface area contributed by atoms with Crippen molar-refractivity contribution in [3.63, 3.8) is 0 Å². The SMILES string of the molecule is CCCNC(c1cccc2ccccc12)C(C)(CC)OC. The van der Waals surface area contributed by atoms with Gasteiger partial charge < -0.3 is 10.1 Å². The molecule has 0 spiro atoms. The highest BCUT2D eigenvalue weighted by Crippen LogP contribution is 2.35. The first kappa shape index (κ1) is 16.0. The molecule has 0 bridgehead atoms. The second-order valence-electron chi connectivity index (χ2n) is 5.83. The zero-order valence-corrected chi connectivity index (χ0v) is 13.6. The van der Waals surface area contributed by atoms with Crippen LogP contribution >= 0.6 is 0 Å². The van der Waals surface area contributed by atoms with Crippen molar-refractivity contribution in [1.82, 2.24) is 5.32 Å². The van der Waals surface area contributed by atoms with E-state index in [9.17, 15) is 0 Å². The summed E-state index contributed by atoms with van der Waals surface area (Å²) in [5.41, 5.74) is 1.12. The molecule has 2 unspecified atom stereocenters. The molecule has 114 valence electrons. The van der Waals surface area contributed by atoms with Gasteiger partial charge in [0, 0.05) is 7.11 Å². The summed E-state index contributed by atoms with van der Waals surface area (Å²) in [7, 11) is 1.81. The predicted molar refractivity (Wildman–Crippen MR) is 90.7 cm³/mol. The molecule has 1 N–H and O–H groups in total. The Balaban J connectivity index is 2.53. The third kappa shape index (κ3) is 3.28. The number of rotatable bonds is 7. The number of fused-ring (bicyclic) bond motifs is 1. The Bertz CT molecular complexity index is 569. The van der Waals surface area contributed by atoms with Gasteiger partial charge in [-0.25, -0.2) is 0 Å². The maximum Gasteiger partial charge on any atom is 0.0842 e. The van der Waals surface area contributed by atoms with Gasteiger partial charge in [0.2, 0.25) is 0 Å². The molecular weight excluding hydrogens is 258 g/mol. The topological polar surface area (TPSA) is 21.3 Å². The maximum absolute atomic E-state index is 5.89. The third-order valence-electron chi connectivity index (χ3n) is 4.51. The molecule has 0 aliphatic rings. The van der Waals surface area contributed by atoms with Gasteiger partial charge in [0.05, 0.1) is 11.6 Å². The minimum Gasteiger partial charge on any atom is -0.377 e. The van der Waals surface area contributed by atoms with Crippen LogP contribution in [-0.2, 0) is 4.74 Å². The molecule has 2 nitrogen and oxygen atoms in total. The monoisotopic (exact) mass is 285 g/mol. The number of hydrogen-bond acceptors (Lipinski definition) is 2. The van der Waals surface area contributed by atoms with E-state index in [0.717, 1.165) is 19.4 Å².